The van der Waals surface area contributed by atoms with Crippen LogP contribution in [0, 0.1) is 6.92 Å². The fraction of sp³-hybridized carbons (Fsp3) is 0.120. The summed E-state index contributed by atoms with van der Waals surface area (Å²) in [6.07, 6.45) is 1.65. The van der Waals surface area contributed by atoms with Crippen LogP contribution in [0.3, 0.4) is 0 Å². The first-order chi connectivity index (χ1) is 14.6. The molecule has 4 nitrogen and oxygen atoms in total. The van der Waals surface area contributed by atoms with Crippen LogP contribution in [0.15, 0.2) is 83.9 Å². The van der Waals surface area contributed by atoms with E-state index in [4.69, 9.17) is 16.6 Å². The average molecular weight is 414 g/mol. The van der Waals surface area contributed by atoms with E-state index in [-0.39, 0.29) is 5.56 Å². The molecule has 0 bridgehead atoms. The Balaban J connectivity index is 1.76. The van der Waals surface area contributed by atoms with Gasteiger partial charge >= 0.3 is 0 Å². The molecule has 148 valence electrons. The molecule has 0 atom stereocenters. The average Bonchev–Trinajstić information content (AvgIpc) is 3.06. The van der Waals surface area contributed by atoms with Crippen LogP contribution < -0.4 is 5.56 Å². The Morgan fingerprint density at radius 2 is 1.70 bits per heavy atom. The lowest BCUT2D eigenvalue weighted by Crippen LogP contribution is -2.23. The highest BCUT2D eigenvalue weighted by Crippen LogP contribution is 2.28. The first-order valence-corrected chi connectivity index (χ1v) is 10.2. The van der Waals surface area contributed by atoms with Crippen molar-refractivity contribution in [3.8, 4) is 0 Å². The zero-order valence-corrected chi connectivity index (χ0v) is 17.3. The number of benzene rings is 3. The lowest BCUT2D eigenvalue weighted by atomic mass is 10.1. The second-order valence-electron chi connectivity index (χ2n) is 7.56. The molecule has 3 aromatic carbocycles. The maximum atomic E-state index is 13.6. The molecule has 0 saturated heterocycles. The highest BCUT2D eigenvalue weighted by molar-refractivity contribution is 6.31. The van der Waals surface area contributed by atoms with E-state index in [0.717, 1.165) is 33.1 Å². The van der Waals surface area contributed by atoms with Gasteiger partial charge in [0.25, 0.3) is 5.56 Å². The van der Waals surface area contributed by atoms with Gasteiger partial charge in [0, 0.05) is 17.0 Å². The molecule has 0 aliphatic carbocycles. The quantitative estimate of drug-likeness (QED) is 0.395. The van der Waals surface area contributed by atoms with Crippen molar-refractivity contribution in [2.75, 3.05) is 0 Å². The Bertz CT molecular complexity index is 1430. The molecule has 0 N–H and O–H groups in total. The van der Waals surface area contributed by atoms with E-state index >= 15 is 0 Å². The summed E-state index contributed by atoms with van der Waals surface area (Å²) in [5.41, 5.74) is 5.43. The number of hydrogen-bond acceptors (Lipinski definition) is 2. The second-order valence-corrected chi connectivity index (χ2v) is 7.97. The topological polar surface area (TPSA) is 39.8 Å². The molecule has 30 heavy (non-hydrogen) atoms. The van der Waals surface area contributed by atoms with Crippen molar-refractivity contribution < 1.29 is 0 Å². The fourth-order valence-corrected chi connectivity index (χ4v) is 4.16. The maximum Gasteiger partial charge on any atom is 0.278 e. The van der Waals surface area contributed by atoms with Crippen LogP contribution in [0.1, 0.15) is 16.7 Å². The minimum Gasteiger partial charge on any atom is -0.330 e. The summed E-state index contributed by atoms with van der Waals surface area (Å²) in [4.78, 5) is 18.3. The number of rotatable bonds is 4. The van der Waals surface area contributed by atoms with Gasteiger partial charge in [-0.3, -0.25) is 9.36 Å². The predicted octanol–water partition coefficient (Wildman–Crippen LogP) is 5.41. The van der Waals surface area contributed by atoms with Crippen LogP contribution >= 0.6 is 11.6 Å². The van der Waals surface area contributed by atoms with E-state index in [1.54, 1.807) is 10.9 Å². The van der Waals surface area contributed by atoms with Gasteiger partial charge in [0.2, 0.25) is 0 Å². The largest absolute Gasteiger partial charge is 0.330 e. The van der Waals surface area contributed by atoms with Crippen molar-refractivity contribution in [2.24, 2.45) is 0 Å². The van der Waals surface area contributed by atoms with Crippen LogP contribution in [0.4, 0.5) is 0 Å². The van der Waals surface area contributed by atoms with Crippen molar-refractivity contribution in [2.45, 2.75) is 20.0 Å². The third-order valence-corrected chi connectivity index (χ3v) is 5.83. The van der Waals surface area contributed by atoms with E-state index in [0.29, 0.717) is 23.6 Å². The number of halogens is 1. The first-order valence-electron chi connectivity index (χ1n) is 9.87. The summed E-state index contributed by atoms with van der Waals surface area (Å²) >= 11 is 6.43. The molecular formula is C25H20ClN3O. The van der Waals surface area contributed by atoms with Crippen LogP contribution in [-0.2, 0) is 13.1 Å². The Morgan fingerprint density at radius 3 is 2.50 bits per heavy atom. The van der Waals surface area contributed by atoms with E-state index in [2.05, 4.69) is 18.2 Å². The molecular weight excluding hydrogens is 394 g/mol. The minimum atomic E-state index is -0.0511. The third-order valence-electron chi connectivity index (χ3n) is 5.46. The molecule has 5 rings (SSSR count). The Kier molecular flexibility index (Phi) is 4.64. The van der Waals surface area contributed by atoms with Crippen molar-refractivity contribution in [1.29, 1.82) is 0 Å². The summed E-state index contributed by atoms with van der Waals surface area (Å²) in [7, 11) is 0. The van der Waals surface area contributed by atoms with Crippen LogP contribution in [0.25, 0.3) is 21.9 Å². The Hall–Kier alpha value is -3.37. The third kappa shape index (κ3) is 3.19. The van der Waals surface area contributed by atoms with Gasteiger partial charge in [0.15, 0.2) is 0 Å². The number of hydrogen-bond donors (Lipinski definition) is 0. The highest BCUT2D eigenvalue weighted by atomic mass is 35.5. The number of nitrogens with zero attached hydrogens (tertiary/aromatic N) is 3. The smallest absolute Gasteiger partial charge is 0.278 e. The molecule has 5 heteroatoms. The van der Waals surface area contributed by atoms with Crippen LogP contribution in [-0.4, -0.2) is 14.1 Å². The van der Waals surface area contributed by atoms with Crippen molar-refractivity contribution in [3.05, 3.63) is 111 Å². The minimum absolute atomic E-state index is 0.0511. The summed E-state index contributed by atoms with van der Waals surface area (Å²) in [5.74, 6) is 0. The Morgan fingerprint density at radius 1 is 0.933 bits per heavy atom. The van der Waals surface area contributed by atoms with Gasteiger partial charge in [-0.05, 0) is 36.2 Å². The first kappa shape index (κ1) is 18.6. The van der Waals surface area contributed by atoms with Crippen molar-refractivity contribution in [3.63, 3.8) is 0 Å². The second kappa shape index (κ2) is 7.47. The number of fused-ring (bicyclic) bond motifs is 3. The Labute approximate surface area is 179 Å². The fourth-order valence-electron chi connectivity index (χ4n) is 3.97. The molecule has 0 fully saturated rings. The van der Waals surface area contributed by atoms with E-state index in [9.17, 15) is 4.79 Å². The molecule has 0 unspecified atom stereocenters. The molecule has 0 amide bonds. The lowest BCUT2D eigenvalue weighted by molar-refractivity contribution is 0.737. The zero-order valence-electron chi connectivity index (χ0n) is 16.5. The summed E-state index contributed by atoms with van der Waals surface area (Å²) < 4.78 is 3.72. The van der Waals surface area contributed by atoms with E-state index in [1.807, 2.05) is 66.1 Å². The van der Waals surface area contributed by atoms with Gasteiger partial charge in [-0.2, -0.15) is 0 Å². The van der Waals surface area contributed by atoms with Gasteiger partial charge in [-0.1, -0.05) is 71.8 Å². The van der Waals surface area contributed by atoms with E-state index < -0.39 is 0 Å². The standard InChI is InChI=1S/C25H20ClN3O/c1-17-11-12-22-20(13-17)23-24(29(22)15-19-9-5-6-10-21(19)26)25(30)28(16-27-23)14-18-7-3-2-4-8-18/h2-13,16H,14-15H2,1H3. The molecule has 0 saturated carbocycles. The van der Waals surface area contributed by atoms with Crippen molar-refractivity contribution in [1.82, 2.24) is 14.1 Å². The van der Waals surface area contributed by atoms with Crippen LogP contribution in [0.2, 0.25) is 5.02 Å². The molecule has 0 aliphatic rings. The van der Waals surface area contributed by atoms with Gasteiger partial charge in [0.1, 0.15) is 11.0 Å². The van der Waals surface area contributed by atoms with Crippen LogP contribution in [0.5, 0.6) is 0 Å². The summed E-state index contributed by atoms with van der Waals surface area (Å²) in [6, 6.07) is 23.9. The molecule has 5 aromatic rings. The summed E-state index contributed by atoms with van der Waals surface area (Å²) in [6.45, 7) is 3.04. The predicted molar refractivity (Wildman–Crippen MR) is 122 cm³/mol. The molecule has 0 spiro atoms. The van der Waals surface area contributed by atoms with Gasteiger partial charge in [-0.15, -0.1) is 0 Å². The number of aryl methyl sites for hydroxylation is 1. The zero-order chi connectivity index (χ0) is 20.7. The highest BCUT2D eigenvalue weighted by Gasteiger charge is 2.17. The molecule has 0 radical (unpaired) electrons. The molecule has 2 aromatic heterocycles. The molecule has 0 aliphatic heterocycles. The van der Waals surface area contributed by atoms with E-state index in [1.165, 1.54) is 0 Å². The maximum absolute atomic E-state index is 13.6. The van der Waals surface area contributed by atoms with Gasteiger partial charge < -0.3 is 4.57 Å². The SMILES string of the molecule is Cc1ccc2c(c1)c1ncn(Cc3ccccc3)c(=O)c1n2Cc1ccccc1Cl. The monoisotopic (exact) mass is 413 g/mol. The van der Waals surface area contributed by atoms with Crippen molar-refractivity contribution >= 4 is 33.5 Å². The lowest BCUT2D eigenvalue weighted by Gasteiger charge is -2.10. The number of aromatic nitrogens is 3. The molecule has 2 heterocycles. The normalized spacial score (nSPS) is 11.4. The van der Waals surface area contributed by atoms with Gasteiger partial charge in [0.05, 0.1) is 18.4 Å². The summed E-state index contributed by atoms with van der Waals surface area (Å²) in [5, 5.41) is 1.68. The van der Waals surface area contributed by atoms with Gasteiger partial charge in [-0.25, -0.2) is 4.98 Å².